The van der Waals surface area contributed by atoms with E-state index in [0.29, 0.717) is 5.69 Å². The van der Waals surface area contributed by atoms with Gasteiger partial charge in [-0.3, -0.25) is 4.98 Å². The van der Waals surface area contributed by atoms with E-state index in [1.54, 1.807) is 24.7 Å². The fourth-order valence-electron chi connectivity index (χ4n) is 1.11. The third-order valence-corrected chi connectivity index (χ3v) is 2.13. The molecule has 2 rings (SSSR count). The SMILES string of the molecule is N#Cc1ccnn1-c1cncc(Br)c1. The van der Waals surface area contributed by atoms with Gasteiger partial charge in [0, 0.05) is 10.7 Å². The van der Waals surface area contributed by atoms with Crippen molar-refractivity contribution in [1.82, 2.24) is 14.8 Å². The molecule has 0 aliphatic carbocycles. The number of aromatic nitrogens is 3. The van der Waals surface area contributed by atoms with Crippen LogP contribution in [0.4, 0.5) is 0 Å². The monoisotopic (exact) mass is 248 g/mol. The molecule has 2 aromatic heterocycles. The Morgan fingerprint density at radius 1 is 1.43 bits per heavy atom. The van der Waals surface area contributed by atoms with Gasteiger partial charge in [-0.25, -0.2) is 4.68 Å². The molecule has 5 heteroatoms. The van der Waals surface area contributed by atoms with E-state index in [1.165, 1.54) is 4.68 Å². The van der Waals surface area contributed by atoms with E-state index in [9.17, 15) is 0 Å². The van der Waals surface area contributed by atoms with Crippen molar-refractivity contribution in [3.05, 3.63) is 40.9 Å². The average molecular weight is 249 g/mol. The summed E-state index contributed by atoms with van der Waals surface area (Å²) < 4.78 is 2.40. The van der Waals surface area contributed by atoms with Gasteiger partial charge in [-0.2, -0.15) is 10.4 Å². The highest BCUT2D eigenvalue weighted by molar-refractivity contribution is 9.10. The number of nitrogens with zero attached hydrogens (tertiary/aromatic N) is 4. The van der Waals surface area contributed by atoms with E-state index in [-0.39, 0.29) is 0 Å². The summed E-state index contributed by atoms with van der Waals surface area (Å²) in [5.74, 6) is 0. The van der Waals surface area contributed by atoms with Gasteiger partial charge in [-0.15, -0.1) is 0 Å². The summed E-state index contributed by atoms with van der Waals surface area (Å²) in [7, 11) is 0. The minimum Gasteiger partial charge on any atom is -0.261 e. The highest BCUT2D eigenvalue weighted by Crippen LogP contribution is 2.14. The highest BCUT2D eigenvalue weighted by atomic mass is 79.9. The normalized spacial score (nSPS) is 9.71. The first-order valence-corrected chi connectivity index (χ1v) is 4.65. The van der Waals surface area contributed by atoms with Gasteiger partial charge in [0.15, 0.2) is 0 Å². The van der Waals surface area contributed by atoms with Gasteiger partial charge in [0.1, 0.15) is 11.8 Å². The Bertz CT molecular complexity index is 498. The quantitative estimate of drug-likeness (QED) is 0.775. The number of nitriles is 1. The fourth-order valence-corrected chi connectivity index (χ4v) is 1.46. The number of hydrogen-bond acceptors (Lipinski definition) is 3. The zero-order valence-corrected chi connectivity index (χ0v) is 8.64. The second-order valence-electron chi connectivity index (χ2n) is 2.60. The smallest absolute Gasteiger partial charge is 0.144 e. The molecule has 0 fully saturated rings. The van der Waals surface area contributed by atoms with Gasteiger partial charge in [0.25, 0.3) is 0 Å². The van der Waals surface area contributed by atoms with Crippen molar-refractivity contribution in [2.24, 2.45) is 0 Å². The first-order valence-electron chi connectivity index (χ1n) is 3.86. The van der Waals surface area contributed by atoms with Crippen LogP contribution < -0.4 is 0 Å². The second-order valence-corrected chi connectivity index (χ2v) is 3.52. The van der Waals surface area contributed by atoms with Gasteiger partial charge in [0.2, 0.25) is 0 Å². The number of hydrogen-bond donors (Lipinski definition) is 0. The predicted octanol–water partition coefficient (Wildman–Crippen LogP) is 1.90. The molecule has 0 aromatic carbocycles. The molecule has 0 bridgehead atoms. The molecule has 14 heavy (non-hydrogen) atoms. The largest absolute Gasteiger partial charge is 0.261 e. The zero-order valence-electron chi connectivity index (χ0n) is 7.05. The molecule has 2 heterocycles. The number of halogens is 1. The van der Waals surface area contributed by atoms with Crippen molar-refractivity contribution in [2.75, 3.05) is 0 Å². The van der Waals surface area contributed by atoms with Crippen LogP contribution in [-0.4, -0.2) is 14.8 Å². The Morgan fingerprint density at radius 2 is 2.29 bits per heavy atom. The molecule has 0 N–H and O–H groups in total. The van der Waals surface area contributed by atoms with Crippen LogP contribution in [0.1, 0.15) is 5.69 Å². The first-order chi connectivity index (χ1) is 6.81. The number of rotatable bonds is 1. The maximum absolute atomic E-state index is 8.79. The van der Waals surface area contributed by atoms with Crippen LogP contribution >= 0.6 is 15.9 Å². The molecule has 68 valence electrons. The molecule has 4 nitrogen and oxygen atoms in total. The van der Waals surface area contributed by atoms with Gasteiger partial charge in [-0.1, -0.05) is 0 Å². The minimum atomic E-state index is 0.491. The third-order valence-electron chi connectivity index (χ3n) is 1.69. The summed E-state index contributed by atoms with van der Waals surface area (Å²) in [6.07, 6.45) is 4.91. The van der Waals surface area contributed by atoms with Crippen molar-refractivity contribution in [1.29, 1.82) is 5.26 Å². The van der Waals surface area contributed by atoms with Crippen LogP contribution in [0.5, 0.6) is 0 Å². The molecule has 0 saturated heterocycles. The lowest BCUT2D eigenvalue weighted by molar-refractivity contribution is 0.859. The molecule has 0 aliphatic heterocycles. The van der Waals surface area contributed by atoms with Gasteiger partial charge in [0.05, 0.1) is 18.1 Å². The van der Waals surface area contributed by atoms with Crippen molar-refractivity contribution >= 4 is 15.9 Å². The Kier molecular flexibility index (Phi) is 2.29. The first kappa shape index (κ1) is 8.91. The topological polar surface area (TPSA) is 54.5 Å². The summed E-state index contributed by atoms with van der Waals surface area (Å²) in [6.45, 7) is 0. The summed E-state index contributed by atoms with van der Waals surface area (Å²) in [5, 5.41) is 12.8. The molecule has 0 saturated carbocycles. The Hall–Kier alpha value is -1.67. The zero-order chi connectivity index (χ0) is 9.97. The summed E-state index contributed by atoms with van der Waals surface area (Å²) in [4.78, 5) is 4.00. The van der Waals surface area contributed by atoms with Gasteiger partial charge < -0.3 is 0 Å². The lowest BCUT2D eigenvalue weighted by Crippen LogP contribution is -1.99. The van der Waals surface area contributed by atoms with Crippen LogP contribution in [-0.2, 0) is 0 Å². The molecule has 0 unspecified atom stereocenters. The van der Waals surface area contributed by atoms with E-state index in [0.717, 1.165) is 10.2 Å². The minimum absolute atomic E-state index is 0.491. The standard InChI is InChI=1S/C9H5BrN4/c10-7-3-9(6-12-5-7)14-8(4-11)1-2-13-14/h1-3,5-6H. The summed E-state index contributed by atoms with van der Waals surface area (Å²) in [5.41, 5.74) is 1.26. The van der Waals surface area contributed by atoms with Crippen LogP contribution in [0, 0.1) is 11.3 Å². The third kappa shape index (κ3) is 1.52. The molecule has 0 radical (unpaired) electrons. The highest BCUT2D eigenvalue weighted by Gasteiger charge is 2.03. The maximum atomic E-state index is 8.79. The molecule has 0 aliphatic rings. The molecular formula is C9H5BrN4. The van der Waals surface area contributed by atoms with Crippen LogP contribution in [0.2, 0.25) is 0 Å². The number of pyridine rings is 1. The van der Waals surface area contributed by atoms with E-state index in [2.05, 4.69) is 32.1 Å². The second kappa shape index (κ2) is 3.60. The molecular weight excluding hydrogens is 244 g/mol. The van der Waals surface area contributed by atoms with E-state index in [1.807, 2.05) is 6.07 Å². The van der Waals surface area contributed by atoms with Crippen LogP contribution in [0.15, 0.2) is 35.2 Å². The van der Waals surface area contributed by atoms with E-state index < -0.39 is 0 Å². The lowest BCUT2D eigenvalue weighted by atomic mass is 10.4. The molecule has 0 amide bonds. The Balaban J connectivity index is 2.56. The van der Waals surface area contributed by atoms with Crippen LogP contribution in [0.3, 0.4) is 0 Å². The molecule has 0 spiro atoms. The molecule has 2 aromatic rings. The maximum Gasteiger partial charge on any atom is 0.144 e. The van der Waals surface area contributed by atoms with Crippen LogP contribution in [0.25, 0.3) is 5.69 Å². The average Bonchev–Trinajstić information content (AvgIpc) is 2.65. The predicted molar refractivity (Wildman–Crippen MR) is 53.8 cm³/mol. The van der Waals surface area contributed by atoms with Crippen molar-refractivity contribution in [3.63, 3.8) is 0 Å². The van der Waals surface area contributed by atoms with Crippen molar-refractivity contribution in [2.45, 2.75) is 0 Å². The lowest BCUT2D eigenvalue weighted by Gasteiger charge is -2.01. The van der Waals surface area contributed by atoms with E-state index >= 15 is 0 Å². The summed E-state index contributed by atoms with van der Waals surface area (Å²) >= 11 is 3.31. The Labute approximate surface area is 88.9 Å². The Morgan fingerprint density at radius 3 is 3.00 bits per heavy atom. The van der Waals surface area contributed by atoms with Crippen molar-refractivity contribution < 1.29 is 0 Å². The molecule has 0 atom stereocenters. The van der Waals surface area contributed by atoms with Gasteiger partial charge in [-0.05, 0) is 28.1 Å². The summed E-state index contributed by atoms with van der Waals surface area (Å²) in [6, 6.07) is 5.55. The van der Waals surface area contributed by atoms with Crippen molar-refractivity contribution in [3.8, 4) is 11.8 Å². The fraction of sp³-hybridized carbons (Fsp3) is 0. The van der Waals surface area contributed by atoms with Gasteiger partial charge >= 0.3 is 0 Å². The van der Waals surface area contributed by atoms with E-state index in [4.69, 9.17) is 5.26 Å².